The van der Waals surface area contributed by atoms with Gasteiger partial charge in [0.2, 0.25) is 0 Å². The van der Waals surface area contributed by atoms with Gasteiger partial charge in [0.1, 0.15) is 0 Å². The lowest BCUT2D eigenvalue weighted by Gasteiger charge is -2.33. The third-order valence-corrected chi connectivity index (χ3v) is 5.44. The van der Waals surface area contributed by atoms with Crippen molar-refractivity contribution >= 4 is 17.4 Å². The maximum Gasteiger partial charge on any atom is 0.0350 e. The molecule has 2 aliphatic rings. The van der Waals surface area contributed by atoms with Crippen LogP contribution in [0.5, 0.6) is 0 Å². The Hall–Kier alpha value is -0.670. The Bertz CT molecular complexity index is 413. The predicted molar refractivity (Wildman–Crippen MR) is 79.9 cm³/mol. The Kier molecular flexibility index (Phi) is 3.80. The van der Waals surface area contributed by atoms with Crippen LogP contribution in [0.4, 0.5) is 5.69 Å². The SMILES string of the molecule is Nc1cccc2c1CCN(CC1CCCSC1)C2. The molecule has 2 aliphatic heterocycles. The maximum absolute atomic E-state index is 6.05. The highest BCUT2D eigenvalue weighted by molar-refractivity contribution is 7.99. The summed E-state index contributed by atoms with van der Waals surface area (Å²) in [4.78, 5) is 2.62. The maximum atomic E-state index is 6.05. The molecule has 0 aromatic heterocycles. The molecular weight excluding hydrogens is 240 g/mol. The average Bonchev–Trinajstić information content (AvgIpc) is 2.40. The van der Waals surface area contributed by atoms with Gasteiger partial charge in [-0.2, -0.15) is 11.8 Å². The fraction of sp³-hybridized carbons (Fsp3) is 0.600. The minimum atomic E-state index is 0.909. The van der Waals surface area contributed by atoms with Gasteiger partial charge in [-0.25, -0.2) is 0 Å². The standard InChI is InChI=1S/C15H22N2S/c16-15-5-1-4-13-10-17(7-6-14(13)15)9-12-3-2-8-18-11-12/h1,4-5,12H,2-3,6-11,16H2. The molecule has 0 bridgehead atoms. The van der Waals surface area contributed by atoms with E-state index in [9.17, 15) is 0 Å². The van der Waals surface area contributed by atoms with Crippen LogP contribution in [0.15, 0.2) is 18.2 Å². The van der Waals surface area contributed by atoms with E-state index >= 15 is 0 Å². The van der Waals surface area contributed by atoms with Gasteiger partial charge in [0, 0.05) is 25.3 Å². The van der Waals surface area contributed by atoms with Crippen molar-refractivity contribution in [3.63, 3.8) is 0 Å². The lowest BCUT2D eigenvalue weighted by molar-refractivity contribution is 0.215. The van der Waals surface area contributed by atoms with Gasteiger partial charge in [0.25, 0.3) is 0 Å². The van der Waals surface area contributed by atoms with Gasteiger partial charge in [-0.3, -0.25) is 4.90 Å². The van der Waals surface area contributed by atoms with Crippen LogP contribution in [0, 0.1) is 5.92 Å². The number of anilines is 1. The number of benzene rings is 1. The zero-order chi connectivity index (χ0) is 12.4. The molecule has 1 atom stereocenters. The van der Waals surface area contributed by atoms with Crippen molar-refractivity contribution in [2.45, 2.75) is 25.8 Å². The highest BCUT2D eigenvalue weighted by Gasteiger charge is 2.22. The van der Waals surface area contributed by atoms with E-state index in [-0.39, 0.29) is 0 Å². The van der Waals surface area contributed by atoms with E-state index < -0.39 is 0 Å². The van der Waals surface area contributed by atoms with E-state index in [2.05, 4.69) is 28.8 Å². The summed E-state index contributed by atoms with van der Waals surface area (Å²) in [6.07, 6.45) is 3.96. The van der Waals surface area contributed by atoms with Crippen LogP contribution in [-0.4, -0.2) is 29.5 Å². The first-order chi connectivity index (χ1) is 8.83. The highest BCUT2D eigenvalue weighted by Crippen LogP contribution is 2.27. The zero-order valence-corrected chi connectivity index (χ0v) is 11.7. The number of hydrogen-bond donors (Lipinski definition) is 1. The third-order valence-electron chi connectivity index (χ3n) is 4.15. The smallest absolute Gasteiger partial charge is 0.0350 e. The van der Waals surface area contributed by atoms with Crippen LogP contribution in [-0.2, 0) is 13.0 Å². The molecule has 0 saturated carbocycles. The summed E-state index contributed by atoms with van der Waals surface area (Å²) in [6.45, 7) is 3.56. The molecule has 3 heteroatoms. The quantitative estimate of drug-likeness (QED) is 0.831. The number of nitrogen functional groups attached to an aromatic ring is 1. The van der Waals surface area contributed by atoms with Crippen LogP contribution >= 0.6 is 11.8 Å². The predicted octanol–water partition coefficient (Wildman–Crippen LogP) is 2.77. The molecule has 1 fully saturated rings. The van der Waals surface area contributed by atoms with Crippen molar-refractivity contribution in [2.75, 3.05) is 30.3 Å². The molecule has 1 aromatic carbocycles. The van der Waals surface area contributed by atoms with E-state index in [1.807, 2.05) is 6.07 Å². The Morgan fingerprint density at radius 1 is 1.39 bits per heavy atom. The molecule has 1 saturated heterocycles. The zero-order valence-electron chi connectivity index (χ0n) is 10.9. The fourth-order valence-electron chi connectivity index (χ4n) is 3.17. The van der Waals surface area contributed by atoms with Gasteiger partial charge in [-0.15, -0.1) is 0 Å². The lowest BCUT2D eigenvalue weighted by Crippen LogP contribution is -2.36. The molecular formula is C15H22N2S. The number of hydrogen-bond acceptors (Lipinski definition) is 3. The van der Waals surface area contributed by atoms with Crippen LogP contribution < -0.4 is 5.73 Å². The first-order valence-corrected chi connectivity index (χ1v) is 8.15. The van der Waals surface area contributed by atoms with Crippen molar-refractivity contribution < 1.29 is 0 Å². The summed E-state index contributed by atoms with van der Waals surface area (Å²) >= 11 is 2.13. The largest absolute Gasteiger partial charge is 0.398 e. The third kappa shape index (κ3) is 2.67. The molecule has 2 N–H and O–H groups in total. The van der Waals surface area contributed by atoms with Gasteiger partial charge in [0.15, 0.2) is 0 Å². The molecule has 18 heavy (non-hydrogen) atoms. The van der Waals surface area contributed by atoms with Crippen molar-refractivity contribution in [1.29, 1.82) is 0 Å². The molecule has 0 spiro atoms. The molecule has 1 unspecified atom stereocenters. The van der Waals surface area contributed by atoms with Crippen molar-refractivity contribution in [1.82, 2.24) is 4.90 Å². The van der Waals surface area contributed by atoms with Gasteiger partial charge in [-0.1, -0.05) is 12.1 Å². The van der Waals surface area contributed by atoms with E-state index in [1.54, 1.807) is 0 Å². The number of thioether (sulfide) groups is 1. The lowest BCUT2D eigenvalue weighted by atomic mass is 9.96. The molecule has 0 radical (unpaired) electrons. The van der Waals surface area contributed by atoms with Gasteiger partial charge < -0.3 is 5.73 Å². The van der Waals surface area contributed by atoms with Crippen molar-refractivity contribution in [3.05, 3.63) is 29.3 Å². The molecule has 2 heterocycles. The summed E-state index contributed by atoms with van der Waals surface area (Å²) in [5.74, 6) is 3.64. The molecule has 0 aliphatic carbocycles. The molecule has 2 nitrogen and oxygen atoms in total. The second-order valence-corrected chi connectivity index (χ2v) is 6.70. The first kappa shape index (κ1) is 12.4. The van der Waals surface area contributed by atoms with E-state index in [0.29, 0.717) is 0 Å². The minimum absolute atomic E-state index is 0.909. The number of nitrogens with two attached hydrogens (primary N) is 1. The summed E-state index contributed by atoms with van der Waals surface area (Å²) in [7, 11) is 0. The molecule has 98 valence electrons. The monoisotopic (exact) mass is 262 g/mol. The highest BCUT2D eigenvalue weighted by atomic mass is 32.2. The average molecular weight is 262 g/mol. The Labute approximate surface area is 114 Å². The van der Waals surface area contributed by atoms with E-state index in [0.717, 1.165) is 24.6 Å². The van der Waals surface area contributed by atoms with Crippen molar-refractivity contribution in [3.8, 4) is 0 Å². The van der Waals surface area contributed by atoms with Crippen LogP contribution in [0.1, 0.15) is 24.0 Å². The van der Waals surface area contributed by atoms with Crippen LogP contribution in [0.2, 0.25) is 0 Å². The first-order valence-electron chi connectivity index (χ1n) is 6.99. The Balaban J connectivity index is 1.64. The number of fused-ring (bicyclic) bond motifs is 1. The normalized spacial score (nSPS) is 24.8. The van der Waals surface area contributed by atoms with Gasteiger partial charge in [0.05, 0.1) is 0 Å². The number of nitrogens with zero attached hydrogens (tertiary/aromatic N) is 1. The second-order valence-electron chi connectivity index (χ2n) is 5.55. The second kappa shape index (κ2) is 5.54. The summed E-state index contributed by atoms with van der Waals surface area (Å²) in [5, 5.41) is 0. The van der Waals surface area contributed by atoms with Crippen LogP contribution in [0.25, 0.3) is 0 Å². The topological polar surface area (TPSA) is 29.3 Å². The fourth-order valence-corrected chi connectivity index (χ4v) is 4.31. The summed E-state index contributed by atoms with van der Waals surface area (Å²) in [5.41, 5.74) is 9.88. The summed E-state index contributed by atoms with van der Waals surface area (Å²) < 4.78 is 0. The summed E-state index contributed by atoms with van der Waals surface area (Å²) in [6, 6.07) is 6.37. The van der Waals surface area contributed by atoms with Gasteiger partial charge >= 0.3 is 0 Å². The Morgan fingerprint density at radius 2 is 2.33 bits per heavy atom. The molecule has 0 amide bonds. The van der Waals surface area contributed by atoms with E-state index in [1.165, 1.54) is 48.6 Å². The molecule has 1 aromatic rings. The van der Waals surface area contributed by atoms with Gasteiger partial charge in [-0.05, 0) is 53.9 Å². The van der Waals surface area contributed by atoms with E-state index in [4.69, 9.17) is 5.73 Å². The van der Waals surface area contributed by atoms with Crippen LogP contribution in [0.3, 0.4) is 0 Å². The minimum Gasteiger partial charge on any atom is -0.398 e. The Morgan fingerprint density at radius 3 is 3.17 bits per heavy atom. The van der Waals surface area contributed by atoms with Crippen molar-refractivity contribution in [2.24, 2.45) is 5.92 Å². The molecule has 3 rings (SSSR count). The number of rotatable bonds is 2.